The SMILES string of the molecule is CC(O)(CNC(=O)c1ccc2nsnc2c1)C1CC1. The van der Waals surface area contributed by atoms with Crippen molar-refractivity contribution in [3.8, 4) is 0 Å². The zero-order chi connectivity index (χ0) is 13.5. The van der Waals surface area contributed by atoms with E-state index in [1.54, 1.807) is 25.1 Å². The average Bonchev–Trinajstić information content (AvgIpc) is 3.15. The van der Waals surface area contributed by atoms with Crippen molar-refractivity contribution in [1.82, 2.24) is 14.1 Å². The molecule has 3 rings (SSSR count). The zero-order valence-electron chi connectivity index (χ0n) is 10.6. The summed E-state index contributed by atoms with van der Waals surface area (Å²) < 4.78 is 8.20. The fourth-order valence-electron chi connectivity index (χ4n) is 2.13. The Morgan fingerprint density at radius 2 is 2.21 bits per heavy atom. The number of fused-ring (bicyclic) bond motifs is 1. The molecule has 1 aliphatic carbocycles. The Bertz CT molecular complexity index is 619. The number of aromatic nitrogens is 2. The average molecular weight is 277 g/mol. The van der Waals surface area contributed by atoms with Crippen molar-refractivity contribution in [3.63, 3.8) is 0 Å². The van der Waals surface area contributed by atoms with Crippen molar-refractivity contribution >= 4 is 28.7 Å². The van der Waals surface area contributed by atoms with Gasteiger partial charge in [0.05, 0.1) is 17.3 Å². The van der Waals surface area contributed by atoms with Crippen molar-refractivity contribution < 1.29 is 9.90 Å². The lowest BCUT2D eigenvalue weighted by molar-refractivity contribution is 0.0354. The molecule has 2 aromatic rings. The van der Waals surface area contributed by atoms with Crippen LogP contribution in [-0.2, 0) is 0 Å². The molecule has 2 N–H and O–H groups in total. The Morgan fingerprint density at radius 1 is 1.47 bits per heavy atom. The summed E-state index contributed by atoms with van der Waals surface area (Å²) in [5, 5.41) is 12.9. The van der Waals surface area contributed by atoms with E-state index in [2.05, 4.69) is 14.1 Å². The second kappa shape index (κ2) is 4.54. The first-order valence-corrected chi connectivity index (χ1v) is 7.02. The van der Waals surface area contributed by atoms with E-state index >= 15 is 0 Å². The van der Waals surface area contributed by atoms with Crippen molar-refractivity contribution in [2.75, 3.05) is 6.54 Å². The van der Waals surface area contributed by atoms with Crippen LogP contribution in [0.1, 0.15) is 30.1 Å². The molecule has 1 amide bonds. The number of amides is 1. The standard InChI is InChI=1S/C13H15N3O2S/c1-13(18,9-3-4-9)7-14-12(17)8-2-5-10-11(6-8)16-19-15-10/h2,5-6,9,18H,3-4,7H2,1H3,(H,14,17). The van der Waals surface area contributed by atoms with Gasteiger partial charge in [-0.05, 0) is 43.9 Å². The van der Waals surface area contributed by atoms with Crippen LogP contribution in [0, 0.1) is 5.92 Å². The van der Waals surface area contributed by atoms with Gasteiger partial charge in [-0.2, -0.15) is 8.75 Å². The minimum Gasteiger partial charge on any atom is -0.388 e. The molecule has 0 aliphatic heterocycles. The Balaban J connectivity index is 1.69. The quantitative estimate of drug-likeness (QED) is 0.889. The lowest BCUT2D eigenvalue weighted by Gasteiger charge is -2.23. The van der Waals surface area contributed by atoms with E-state index in [1.807, 2.05) is 0 Å². The second-order valence-corrected chi connectivity index (χ2v) is 5.81. The van der Waals surface area contributed by atoms with Crippen LogP contribution in [0.15, 0.2) is 18.2 Å². The predicted octanol–water partition coefficient (Wildman–Crippen LogP) is 1.58. The van der Waals surface area contributed by atoms with Gasteiger partial charge < -0.3 is 10.4 Å². The smallest absolute Gasteiger partial charge is 0.251 e. The molecule has 1 heterocycles. The van der Waals surface area contributed by atoms with Gasteiger partial charge in [-0.15, -0.1) is 0 Å². The maximum Gasteiger partial charge on any atom is 0.251 e. The van der Waals surface area contributed by atoms with Gasteiger partial charge in [0.2, 0.25) is 0 Å². The number of hydrogen-bond donors (Lipinski definition) is 2. The maximum absolute atomic E-state index is 12.0. The molecule has 0 spiro atoms. The van der Waals surface area contributed by atoms with Gasteiger partial charge in [-0.3, -0.25) is 4.79 Å². The minimum absolute atomic E-state index is 0.184. The van der Waals surface area contributed by atoms with Crippen LogP contribution in [0.5, 0.6) is 0 Å². The number of carbonyl (C=O) groups excluding carboxylic acids is 1. The van der Waals surface area contributed by atoms with Crippen LogP contribution >= 0.6 is 11.7 Å². The van der Waals surface area contributed by atoms with Crippen LogP contribution in [-0.4, -0.2) is 31.9 Å². The largest absolute Gasteiger partial charge is 0.388 e. The fraction of sp³-hybridized carbons (Fsp3) is 0.462. The molecule has 5 nitrogen and oxygen atoms in total. The summed E-state index contributed by atoms with van der Waals surface area (Å²) in [5.74, 6) is 0.133. The second-order valence-electron chi connectivity index (χ2n) is 5.28. The number of benzene rings is 1. The number of hydrogen-bond acceptors (Lipinski definition) is 5. The van der Waals surface area contributed by atoms with Gasteiger partial charge in [-0.1, -0.05) is 0 Å². The summed E-state index contributed by atoms with van der Waals surface area (Å²) in [5.41, 5.74) is 1.27. The number of aliphatic hydroxyl groups is 1. The van der Waals surface area contributed by atoms with Crippen molar-refractivity contribution in [1.29, 1.82) is 0 Å². The van der Waals surface area contributed by atoms with E-state index in [9.17, 15) is 9.90 Å². The highest BCUT2D eigenvalue weighted by Gasteiger charge is 2.39. The van der Waals surface area contributed by atoms with Gasteiger partial charge in [0.1, 0.15) is 11.0 Å². The van der Waals surface area contributed by atoms with Crippen molar-refractivity contribution in [2.45, 2.75) is 25.4 Å². The van der Waals surface area contributed by atoms with E-state index in [0.717, 1.165) is 35.6 Å². The van der Waals surface area contributed by atoms with Crippen molar-refractivity contribution in [3.05, 3.63) is 23.8 Å². The summed E-state index contributed by atoms with van der Waals surface area (Å²) in [6, 6.07) is 5.23. The lowest BCUT2D eigenvalue weighted by atomic mass is 10.0. The molecule has 0 radical (unpaired) electrons. The molecule has 1 fully saturated rings. The predicted molar refractivity (Wildman–Crippen MR) is 73.1 cm³/mol. The molecule has 1 atom stereocenters. The van der Waals surface area contributed by atoms with Gasteiger partial charge in [0.15, 0.2) is 0 Å². The first-order valence-electron chi connectivity index (χ1n) is 6.29. The third-order valence-corrected chi connectivity index (χ3v) is 4.14. The van der Waals surface area contributed by atoms with Gasteiger partial charge in [0.25, 0.3) is 5.91 Å². The minimum atomic E-state index is -0.804. The Labute approximate surface area is 115 Å². The van der Waals surface area contributed by atoms with Gasteiger partial charge in [0, 0.05) is 12.1 Å². The third-order valence-electron chi connectivity index (χ3n) is 3.58. The number of nitrogens with zero attached hydrogens (tertiary/aromatic N) is 2. The summed E-state index contributed by atoms with van der Waals surface area (Å²) in [4.78, 5) is 12.0. The topological polar surface area (TPSA) is 75.1 Å². The normalized spacial score (nSPS) is 18.2. The highest BCUT2D eigenvalue weighted by atomic mass is 32.1. The number of rotatable bonds is 4. The molecule has 0 saturated heterocycles. The Hall–Kier alpha value is -1.53. The zero-order valence-corrected chi connectivity index (χ0v) is 11.4. The molecule has 1 aromatic heterocycles. The number of carbonyl (C=O) groups is 1. The van der Waals surface area contributed by atoms with Crippen LogP contribution < -0.4 is 5.32 Å². The summed E-state index contributed by atoms with van der Waals surface area (Å²) >= 11 is 1.13. The van der Waals surface area contributed by atoms with E-state index in [-0.39, 0.29) is 12.5 Å². The molecule has 6 heteroatoms. The van der Waals surface area contributed by atoms with Crippen LogP contribution in [0.25, 0.3) is 11.0 Å². The first kappa shape index (κ1) is 12.5. The van der Waals surface area contributed by atoms with Crippen LogP contribution in [0.3, 0.4) is 0 Å². The Morgan fingerprint density at radius 3 is 2.95 bits per heavy atom. The third kappa shape index (κ3) is 2.59. The summed E-state index contributed by atoms with van der Waals surface area (Å²) in [6.07, 6.45) is 2.08. The lowest BCUT2D eigenvalue weighted by Crippen LogP contribution is -2.42. The Kier molecular flexibility index (Phi) is 2.99. The van der Waals surface area contributed by atoms with Crippen LogP contribution in [0.2, 0.25) is 0 Å². The fourth-order valence-corrected chi connectivity index (χ4v) is 2.65. The highest BCUT2D eigenvalue weighted by Crippen LogP contribution is 2.39. The molecule has 1 aliphatic rings. The molecular weight excluding hydrogens is 262 g/mol. The molecule has 1 unspecified atom stereocenters. The molecule has 100 valence electrons. The van der Waals surface area contributed by atoms with E-state index in [1.165, 1.54) is 0 Å². The van der Waals surface area contributed by atoms with E-state index in [4.69, 9.17) is 0 Å². The first-order chi connectivity index (χ1) is 9.06. The number of nitrogens with one attached hydrogen (secondary N) is 1. The molecule has 19 heavy (non-hydrogen) atoms. The van der Waals surface area contributed by atoms with E-state index < -0.39 is 5.60 Å². The van der Waals surface area contributed by atoms with Crippen molar-refractivity contribution in [2.24, 2.45) is 5.92 Å². The molecule has 0 bridgehead atoms. The van der Waals surface area contributed by atoms with Gasteiger partial charge in [-0.25, -0.2) is 0 Å². The molecular formula is C13H15N3O2S. The van der Waals surface area contributed by atoms with Gasteiger partial charge >= 0.3 is 0 Å². The highest BCUT2D eigenvalue weighted by molar-refractivity contribution is 7.00. The maximum atomic E-state index is 12.0. The summed E-state index contributed by atoms with van der Waals surface area (Å²) in [6.45, 7) is 2.06. The summed E-state index contributed by atoms with van der Waals surface area (Å²) in [7, 11) is 0. The van der Waals surface area contributed by atoms with Crippen LogP contribution in [0.4, 0.5) is 0 Å². The monoisotopic (exact) mass is 277 g/mol. The van der Waals surface area contributed by atoms with E-state index in [0.29, 0.717) is 11.5 Å². The molecule has 1 saturated carbocycles. The molecule has 1 aromatic carbocycles.